The number of thiophene rings is 2. The molecule has 0 bridgehead atoms. The van der Waals surface area contributed by atoms with Crippen LogP contribution in [-0.4, -0.2) is 0 Å². The van der Waals surface area contributed by atoms with E-state index in [2.05, 4.69) is 170 Å². The Balaban J connectivity index is 1.18. The van der Waals surface area contributed by atoms with Crippen molar-refractivity contribution >= 4 is 95.3 Å². The Morgan fingerprint density at radius 3 is 1.48 bits per heavy atom. The van der Waals surface area contributed by atoms with Crippen LogP contribution < -0.4 is 0 Å². The van der Waals surface area contributed by atoms with Crippen LogP contribution in [0, 0.1) is 0 Å². The van der Waals surface area contributed by atoms with Crippen LogP contribution in [0.15, 0.2) is 170 Å². The highest BCUT2D eigenvalue weighted by molar-refractivity contribution is 7.28. The molecule has 0 aliphatic carbocycles. The van der Waals surface area contributed by atoms with E-state index < -0.39 is 0 Å². The first-order valence-electron chi connectivity index (χ1n) is 17.1. The SMILES string of the molecule is c1ccc2c(-c3c4ccccc4c(-c4ccc(-c5c6sc7ccccc7c6cc6sc7ccccc7c56)cc4)c4ccccc34)cccc2c1. The maximum atomic E-state index is 2.43. The molecule has 0 unspecified atom stereocenters. The molecule has 2 heteroatoms. The van der Waals surface area contributed by atoms with E-state index in [1.807, 2.05) is 22.7 Å². The molecule has 232 valence electrons. The third-order valence-electron chi connectivity index (χ3n) is 10.5. The molecule has 9 aromatic carbocycles. The van der Waals surface area contributed by atoms with Crippen molar-refractivity contribution in [3.05, 3.63) is 170 Å². The third-order valence-corrected chi connectivity index (χ3v) is 12.8. The van der Waals surface area contributed by atoms with Gasteiger partial charge in [0.1, 0.15) is 0 Å². The lowest BCUT2D eigenvalue weighted by Crippen LogP contribution is -1.91. The zero-order chi connectivity index (χ0) is 32.8. The summed E-state index contributed by atoms with van der Waals surface area (Å²) in [4.78, 5) is 0. The quantitative estimate of drug-likeness (QED) is 0.164. The van der Waals surface area contributed by atoms with Crippen LogP contribution in [0.5, 0.6) is 0 Å². The van der Waals surface area contributed by atoms with Gasteiger partial charge in [0, 0.05) is 45.9 Å². The fourth-order valence-corrected chi connectivity index (χ4v) is 10.7. The minimum Gasteiger partial charge on any atom is -0.135 e. The average molecular weight is 669 g/mol. The van der Waals surface area contributed by atoms with Crippen LogP contribution in [-0.2, 0) is 0 Å². The smallest absolute Gasteiger partial charge is 0.0441 e. The van der Waals surface area contributed by atoms with Gasteiger partial charge in [-0.1, -0.05) is 152 Å². The molecule has 0 saturated heterocycles. The third kappa shape index (κ3) is 4.04. The monoisotopic (exact) mass is 668 g/mol. The Hall–Kier alpha value is -5.80. The molecular weight excluding hydrogens is 641 g/mol. The van der Waals surface area contributed by atoms with Crippen LogP contribution in [0.3, 0.4) is 0 Å². The van der Waals surface area contributed by atoms with Crippen molar-refractivity contribution in [2.75, 3.05) is 0 Å². The van der Waals surface area contributed by atoms with Crippen molar-refractivity contribution in [1.29, 1.82) is 0 Å². The van der Waals surface area contributed by atoms with Gasteiger partial charge >= 0.3 is 0 Å². The first kappa shape index (κ1) is 28.1. The van der Waals surface area contributed by atoms with Gasteiger partial charge in [0.15, 0.2) is 0 Å². The highest BCUT2D eigenvalue weighted by Gasteiger charge is 2.20. The molecule has 0 saturated carbocycles. The lowest BCUT2D eigenvalue weighted by molar-refractivity contribution is 1.66. The average Bonchev–Trinajstić information content (AvgIpc) is 3.74. The Morgan fingerprint density at radius 2 is 0.800 bits per heavy atom. The molecule has 50 heavy (non-hydrogen) atoms. The second kappa shape index (κ2) is 10.9. The maximum Gasteiger partial charge on any atom is 0.0441 e. The van der Waals surface area contributed by atoms with Crippen molar-refractivity contribution < 1.29 is 0 Å². The normalized spacial score (nSPS) is 12.0. The summed E-state index contributed by atoms with van der Waals surface area (Å²) in [6.07, 6.45) is 0. The highest BCUT2D eigenvalue weighted by Crippen LogP contribution is 2.50. The fourth-order valence-electron chi connectivity index (χ4n) is 8.31. The molecule has 0 aliphatic heterocycles. The molecule has 0 N–H and O–H groups in total. The van der Waals surface area contributed by atoms with Crippen molar-refractivity contribution in [1.82, 2.24) is 0 Å². The van der Waals surface area contributed by atoms with E-state index in [0.717, 1.165) is 0 Å². The van der Waals surface area contributed by atoms with Gasteiger partial charge in [0.25, 0.3) is 0 Å². The minimum absolute atomic E-state index is 1.24. The molecule has 0 radical (unpaired) electrons. The van der Waals surface area contributed by atoms with Crippen LogP contribution in [0.4, 0.5) is 0 Å². The van der Waals surface area contributed by atoms with E-state index in [9.17, 15) is 0 Å². The fraction of sp³-hybridized carbons (Fsp3) is 0. The molecule has 0 fully saturated rings. The standard InChI is InChI=1S/C48H28S2/c1-2-14-32-29(12-1)13-11-21-34(32)46-37-18-5-3-16-35(37)44(36-17-4-6-19-38(36)46)30-24-26-31(27-25-30)45-47-39-20-8-10-23-42(39)49-43(47)28-40-33-15-7-9-22-41(33)50-48(40)45/h1-28H. The Bertz CT molecular complexity index is 3070. The zero-order valence-corrected chi connectivity index (χ0v) is 28.6. The zero-order valence-electron chi connectivity index (χ0n) is 27.0. The number of fused-ring (bicyclic) bond motifs is 9. The van der Waals surface area contributed by atoms with Gasteiger partial charge in [-0.15, -0.1) is 22.7 Å². The second-order valence-electron chi connectivity index (χ2n) is 13.1. The summed E-state index contributed by atoms with van der Waals surface area (Å²) in [5.41, 5.74) is 7.72. The number of hydrogen-bond donors (Lipinski definition) is 0. The molecule has 0 aliphatic rings. The van der Waals surface area contributed by atoms with E-state index in [0.29, 0.717) is 0 Å². The number of benzene rings is 9. The molecule has 0 nitrogen and oxygen atoms in total. The van der Waals surface area contributed by atoms with Crippen molar-refractivity contribution in [3.8, 4) is 33.4 Å². The van der Waals surface area contributed by atoms with Gasteiger partial charge < -0.3 is 0 Å². The Morgan fingerprint density at radius 1 is 0.300 bits per heavy atom. The van der Waals surface area contributed by atoms with E-state index in [1.165, 1.54) is 106 Å². The van der Waals surface area contributed by atoms with E-state index in [4.69, 9.17) is 0 Å². The first-order chi connectivity index (χ1) is 24.8. The summed E-state index contributed by atoms with van der Waals surface area (Å²) >= 11 is 3.82. The molecule has 0 amide bonds. The van der Waals surface area contributed by atoms with Crippen molar-refractivity contribution in [2.45, 2.75) is 0 Å². The van der Waals surface area contributed by atoms with E-state index in [1.54, 1.807) is 0 Å². The van der Waals surface area contributed by atoms with Gasteiger partial charge in [0.2, 0.25) is 0 Å². The summed E-state index contributed by atoms with van der Waals surface area (Å²) in [5.74, 6) is 0. The van der Waals surface area contributed by atoms with Gasteiger partial charge in [0.05, 0.1) is 0 Å². The maximum absolute atomic E-state index is 2.43. The Kier molecular flexibility index (Phi) is 6.09. The predicted molar refractivity (Wildman–Crippen MR) is 221 cm³/mol. The lowest BCUT2D eigenvalue weighted by Gasteiger charge is -2.19. The lowest BCUT2D eigenvalue weighted by atomic mass is 9.84. The molecule has 0 atom stereocenters. The molecular formula is C48H28S2. The summed E-state index contributed by atoms with van der Waals surface area (Å²) < 4.78 is 5.39. The molecule has 11 aromatic rings. The molecule has 2 aromatic heterocycles. The van der Waals surface area contributed by atoms with Crippen LogP contribution in [0.2, 0.25) is 0 Å². The highest BCUT2D eigenvalue weighted by atomic mass is 32.1. The molecule has 0 spiro atoms. The van der Waals surface area contributed by atoms with E-state index >= 15 is 0 Å². The predicted octanol–water partition coefficient (Wildman–Crippen LogP) is 14.9. The van der Waals surface area contributed by atoms with Crippen LogP contribution in [0.25, 0.3) is 106 Å². The van der Waals surface area contributed by atoms with Gasteiger partial charge in [-0.2, -0.15) is 0 Å². The number of rotatable bonds is 3. The van der Waals surface area contributed by atoms with E-state index in [-0.39, 0.29) is 0 Å². The summed E-state index contributed by atoms with van der Waals surface area (Å²) in [7, 11) is 0. The largest absolute Gasteiger partial charge is 0.135 e. The van der Waals surface area contributed by atoms with Crippen LogP contribution >= 0.6 is 22.7 Å². The summed E-state index contributed by atoms with van der Waals surface area (Å²) in [6, 6.07) is 63.0. The summed E-state index contributed by atoms with van der Waals surface area (Å²) in [6.45, 7) is 0. The topological polar surface area (TPSA) is 0 Å². The van der Waals surface area contributed by atoms with Gasteiger partial charge in [-0.05, 0) is 78.3 Å². The van der Waals surface area contributed by atoms with Gasteiger partial charge in [-0.3, -0.25) is 0 Å². The summed E-state index contributed by atoms with van der Waals surface area (Å²) in [5, 5.41) is 13.1. The second-order valence-corrected chi connectivity index (χ2v) is 15.3. The molecule has 11 rings (SSSR count). The van der Waals surface area contributed by atoms with Crippen molar-refractivity contribution in [2.24, 2.45) is 0 Å². The van der Waals surface area contributed by atoms with Gasteiger partial charge in [-0.25, -0.2) is 0 Å². The minimum atomic E-state index is 1.24. The first-order valence-corrected chi connectivity index (χ1v) is 18.7. The number of hydrogen-bond acceptors (Lipinski definition) is 2. The molecule has 2 heterocycles. The van der Waals surface area contributed by atoms with Crippen LogP contribution in [0.1, 0.15) is 0 Å². The van der Waals surface area contributed by atoms with Crippen molar-refractivity contribution in [3.63, 3.8) is 0 Å². The Labute approximate surface area is 297 Å².